The van der Waals surface area contributed by atoms with Gasteiger partial charge in [0.05, 0.1) is 0 Å². The quantitative estimate of drug-likeness (QED) is 0.530. The molecule has 110 valence electrons. The smallest absolute Gasteiger partial charge is 0.227 e. The van der Waals surface area contributed by atoms with Crippen molar-refractivity contribution in [2.24, 2.45) is 5.92 Å². The fourth-order valence-electron chi connectivity index (χ4n) is 2.12. The Balaban J connectivity index is 2.40. The van der Waals surface area contributed by atoms with E-state index in [1.165, 1.54) is 12.1 Å². The lowest BCUT2D eigenvalue weighted by Gasteiger charge is -2.14. The third-order valence-corrected chi connectivity index (χ3v) is 3.38. The lowest BCUT2D eigenvalue weighted by atomic mass is 9.97. The minimum atomic E-state index is -0.293. The molecule has 0 spiro atoms. The van der Waals surface area contributed by atoms with E-state index in [1.54, 1.807) is 12.1 Å². The summed E-state index contributed by atoms with van der Waals surface area (Å²) in [7, 11) is 0. The Labute approximate surface area is 121 Å². The van der Waals surface area contributed by atoms with Crippen molar-refractivity contribution in [3.8, 4) is 0 Å². The van der Waals surface area contributed by atoms with Crippen molar-refractivity contribution in [2.45, 2.75) is 46.0 Å². The van der Waals surface area contributed by atoms with Crippen LogP contribution in [0.1, 0.15) is 46.0 Å². The van der Waals surface area contributed by atoms with Gasteiger partial charge in [0.25, 0.3) is 0 Å². The van der Waals surface area contributed by atoms with E-state index in [1.807, 2.05) is 13.8 Å². The first kappa shape index (κ1) is 16.4. The number of hydrogen-bond acceptors (Lipinski definition) is 1. The molecule has 0 aliphatic rings. The Kier molecular flexibility index (Phi) is 7.63. The van der Waals surface area contributed by atoms with E-state index in [2.05, 4.69) is 17.5 Å². The van der Waals surface area contributed by atoms with Crippen molar-refractivity contribution in [1.82, 2.24) is 0 Å². The number of benzene rings is 1. The van der Waals surface area contributed by atoms with Crippen LogP contribution in [-0.2, 0) is 4.79 Å². The van der Waals surface area contributed by atoms with Crippen molar-refractivity contribution < 1.29 is 9.18 Å². The van der Waals surface area contributed by atoms with Crippen molar-refractivity contribution in [3.05, 3.63) is 42.2 Å². The number of anilines is 1. The topological polar surface area (TPSA) is 29.1 Å². The van der Waals surface area contributed by atoms with Gasteiger partial charge in [0.1, 0.15) is 5.82 Å². The Hall–Kier alpha value is -1.64. The highest BCUT2D eigenvalue weighted by atomic mass is 19.1. The summed E-state index contributed by atoms with van der Waals surface area (Å²) in [5, 5.41) is 2.85. The summed E-state index contributed by atoms with van der Waals surface area (Å²) in [5.74, 6) is -0.227. The first-order valence-corrected chi connectivity index (χ1v) is 7.35. The maximum absolute atomic E-state index is 12.8. The van der Waals surface area contributed by atoms with Crippen LogP contribution in [0.4, 0.5) is 10.1 Å². The second-order valence-electron chi connectivity index (χ2n) is 4.95. The van der Waals surface area contributed by atoms with E-state index in [9.17, 15) is 9.18 Å². The summed E-state index contributed by atoms with van der Waals surface area (Å²) >= 11 is 0. The van der Waals surface area contributed by atoms with Crippen molar-refractivity contribution >= 4 is 11.6 Å². The number of unbranched alkanes of at least 4 members (excludes halogenated alkanes) is 2. The zero-order chi connectivity index (χ0) is 14.8. The molecule has 1 amide bonds. The predicted octanol–water partition coefficient (Wildman–Crippen LogP) is 4.93. The van der Waals surface area contributed by atoms with Crippen LogP contribution in [0.5, 0.6) is 0 Å². The fourth-order valence-corrected chi connectivity index (χ4v) is 2.12. The molecule has 0 aliphatic carbocycles. The molecule has 0 aromatic heterocycles. The minimum Gasteiger partial charge on any atom is -0.326 e. The van der Waals surface area contributed by atoms with Gasteiger partial charge in [0.15, 0.2) is 0 Å². The average molecular weight is 277 g/mol. The number of rotatable bonds is 8. The Morgan fingerprint density at radius 3 is 2.60 bits per heavy atom. The van der Waals surface area contributed by atoms with Crippen LogP contribution in [0, 0.1) is 11.7 Å². The maximum atomic E-state index is 12.8. The van der Waals surface area contributed by atoms with Crippen molar-refractivity contribution in [3.63, 3.8) is 0 Å². The lowest BCUT2D eigenvalue weighted by Crippen LogP contribution is -2.22. The zero-order valence-corrected chi connectivity index (χ0v) is 12.4. The molecular weight excluding hydrogens is 253 g/mol. The molecule has 1 rings (SSSR count). The highest BCUT2D eigenvalue weighted by molar-refractivity contribution is 5.92. The molecule has 1 N–H and O–H groups in total. The van der Waals surface area contributed by atoms with E-state index in [4.69, 9.17) is 0 Å². The second-order valence-corrected chi connectivity index (χ2v) is 4.95. The number of halogens is 1. The summed E-state index contributed by atoms with van der Waals surface area (Å²) in [6, 6.07) is 5.89. The largest absolute Gasteiger partial charge is 0.326 e. The number of nitrogens with one attached hydrogen (secondary N) is 1. The molecule has 0 fully saturated rings. The maximum Gasteiger partial charge on any atom is 0.227 e. The molecule has 0 radical (unpaired) electrons. The summed E-state index contributed by atoms with van der Waals surface area (Å²) in [4.78, 5) is 12.1. The SMILES string of the molecule is C/C=C/CCCCC(CC)C(=O)Nc1ccc(F)cc1. The van der Waals surface area contributed by atoms with Crippen LogP contribution < -0.4 is 5.32 Å². The average Bonchev–Trinajstić information content (AvgIpc) is 2.45. The van der Waals surface area contributed by atoms with Gasteiger partial charge in [-0.05, 0) is 56.9 Å². The van der Waals surface area contributed by atoms with Crippen molar-refractivity contribution in [2.75, 3.05) is 5.32 Å². The summed E-state index contributed by atoms with van der Waals surface area (Å²) in [6.45, 7) is 4.05. The molecule has 3 heteroatoms. The summed E-state index contributed by atoms with van der Waals surface area (Å²) in [5.41, 5.74) is 0.656. The molecule has 0 saturated carbocycles. The Bertz CT molecular complexity index is 425. The summed E-state index contributed by atoms with van der Waals surface area (Å²) < 4.78 is 12.8. The van der Waals surface area contributed by atoms with Crippen LogP contribution in [0.15, 0.2) is 36.4 Å². The molecule has 0 heterocycles. The molecule has 0 aliphatic heterocycles. The van der Waals surface area contributed by atoms with Gasteiger partial charge < -0.3 is 5.32 Å². The van der Waals surface area contributed by atoms with Gasteiger partial charge >= 0.3 is 0 Å². The number of amides is 1. The second kappa shape index (κ2) is 9.29. The zero-order valence-electron chi connectivity index (χ0n) is 12.4. The molecule has 0 bridgehead atoms. The Morgan fingerprint density at radius 2 is 2.00 bits per heavy atom. The number of hydrogen-bond donors (Lipinski definition) is 1. The normalized spacial score (nSPS) is 12.6. The third kappa shape index (κ3) is 6.00. The number of carbonyl (C=O) groups is 1. The summed E-state index contributed by atoms with van der Waals surface area (Å²) in [6.07, 6.45) is 9.19. The number of allylic oxidation sites excluding steroid dienone is 2. The molecule has 0 saturated heterocycles. The van der Waals surface area contributed by atoms with E-state index < -0.39 is 0 Å². The number of carbonyl (C=O) groups excluding carboxylic acids is 1. The molecule has 1 aromatic carbocycles. The molecule has 2 nitrogen and oxygen atoms in total. The van der Waals surface area contributed by atoms with Crippen LogP contribution in [-0.4, -0.2) is 5.91 Å². The van der Waals surface area contributed by atoms with Crippen LogP contribution in [0.25, 0.3) is 0 Å². The van der Waals surface area contributed by atoms with Crippen LogP contribution in [0.2, 0.25) is 0 Å². The van der Waals surface area contributed by atoms with Gasteiger partial charge in [-0.25, -0.2) is 4.39 Å². The van der Waals surface area contributed by atoms with E-state index >= 15 is 0 Å². The molecule has 1 aromatic rings. The first-order valence-electron chi connectivity index (χ1n) is 7.35. The Morgan fingerprint density at radius 1 is 1.30 bits per heavy atom. The van der Waals surface area contributed by atoms with Gasteiger partial charge in [-0.1, -0.05) is 25.5 Å². The van der Waals surface area contributed by atoms with E-state index in [0.29, 0.717) is 5.69 Å². The fraction of sp³-hybridized carbons (Fsp3) is 0.471. The predicted molar refractivity (Wildman–Crippen MR) is 82.1 cm³/mol. The van der Waals surface area contributed by atoms with Gasteiger partial charge in [0, 0.05) is 11.6 Å². The van der Waals surface area contributed by atoms with Crippen LogP contribution >= 0.6 is 0 Å². The molecule has 20 heavy (non-hydrogen) atoms. The monoisotopic (exact) mass is 277 g/mol. The minimum absolute atomic E-state index is 0.0325. The van der Waals surface area contributed by atoms with E-state index in [0.717, 1.165) is 32.1 Å². The van der Waals surface area contributed by atoms with Crippen LogP contribution in [0.3, 0.4) is 0 Å². The van der Waals surface area contributed by atoms with E-state index in [-0.39, 0.29) is 17.6 Å². The highest BCUT2D eigenvalue weighted by Gasteiger charge is 2.15. The highest BCUT2D eigenvalue weighted by Crippen LogP contribution is 2.17. The van der Waals surface area contributed by atoms with Gasteiger partial charge in [-0.15, -0.1) is 0 Å². The van der Waals surface area contributed by atoms with Gasteiger partial charge in [-0.3, -0.25) is 4.79 Å². The molecule has 1 atom stereocenters. The van der Waals surface area contributed by atoms with Gasteiger partial charge in [-0.2, -0.15) is 0 Å². The third-order valence-electron chi connectivity index (χ3n) is 3.38. The van der Waals surface area contributed by atoms with Gasteiger partial charge in [0.2, 0.25) is 5.91 Å². The molecular formula is C17H24FNO. The first-order chi connectivity index (χ1) is 9.67. The van der Waals surface area contributed by atoms with Crippen molar-refractivity contribution in [1.29, 1.82) is 0 Å². The molecule has 1 unspecified atom stereocenters. The lowest BCUT2D eigenvalue weighted by molar-refractivity contribution is -0.120. The standard InChI is InChI=1S/C17H24FNO/c1-3-5-6-7-8-9-14(4-2)17(20)19-16-12-10-15(18)11-13-16/h3,5,10-14H,4,6-9H2,1-2H3,(H,19,20)/b5-3+.